The Labute approximate surface area is 124 Å². The second kappa shape index (κ2) is 4.83. The maximum atomic E-state index is 6.08. The van der Waals surface area contributed by atoms with Crippen LogP contribution in [-0.4, -0.2) is 16.7 Å². The lowest BCUT2D eigenvalue weighted by Gasteiger charge is -2.19. The topological polar surface area (TPSA) is 29.3 Å². The third-order valence-electron chi connectivity index (χ3n) is 4.26. The molecule has 0 amide bonds. The molecule has 2 aliphatic heterocycles. The van der Waals surface area contributed by atoms with E-state index in [1.165, 1.54) is 28.0 Å². The highest BCUT2D eigenvalue weighted by Crippen LogP contribution is 2.38. The van der Waals surface area contributed by atoms with E-state index in [1.807, 2.05) is 17.8 Å². The number of nitrogens with two attached hydrogens (primary N) is 1. The summed E-state index contributed by atoms with van der Waals surface area (Å²) in [6.45, 7) is 3.21. The van der Waals surface area contributed by atoms with Gasteiger partial charge in [-0.25, -0.2) is 0 Å². The van der Waals surface area contributed by atoms with E-state index >= 15 is 0 Å². The molecule has 4 rings (SSSR count). The van der Waals surface area contributed by atoms with Crippen LogP contribution in [0.25, 0.3) is 0 Å². The van der Waals surface area contributed by atoms with Crippen LogP contribution in [0.5, 0.6) is 0 Å². The summed E-state index contributed by atoms with van der Waals surface area (Å²) in [7, 11) is 0. The molecule has 3 heteroatoms. The summed E-state index contributed by atoms with van der Waals surface area (Å²) in [6, 6.07) is 15.1. The molecule has 2 aliphatic rings. The Balaban J connectivity index is 1.45. The lowest BCUT2D eigenvalue weighted by Crippen LogP contribution is -2.26. The molecule has 0 saturated carbocycles. The fourth-order valence-corrected chi connectivity index (χ4v) is 4.66. The van der Waals surface area contributed by atoms with E-state index < -0.39 is 0 Å². The highest BCUT2D eigenvalue weighted by Gasteiger charge is 2.27. The summed E-state index contributed by atoms with van der Waals surface area (Å²) in [5, 5.41) is 0.683. The number of benzene rings is 2. The molecule has 102 valence electrons. The van der Waals surface area contributed by atoms with Crippen molar-refractivity contribution in [2.45, 2.75) is 29.7 Å². The van der Waals surface area contributed by atoms with Gasteiger partial charge in [0.1, 0.15) is 0 Å². The first kappa shape index (κ1) is 12.3. The van der Waals surface area contributed by atoms with Crippen molar-refractivity contribution >= 4 is 17.4 Å². The first-order valence-electron chi connectivity index (χ1n) is 7.13. The first-order chi connectivity index (χ1) is 9.79. The molecular weight excluding hydrogens is 264 g/mol. The van der Waals surface area contributed by atoms with Crippen molar-refractivity contribution in [3.05, 3.63) is 59.2 Å². The van der Waals surface area contributed by atoms with Crippen molar-refractivity contribution in [1.82, 2.24) is 4.90 Å². The van der Waals surface area contributed by atoms with Crippen molar-refractivity contribution < 1.29 is 0 Å². The minimum atomic E-state index is 0.683. The van der Waals surface area contributed by atoms with Crippen LogP contribution in [0.2, 0.25) is 0 Å². The predicted molar refractivity (Wildman–Crippen MR) is 84.8 cm³/mol. The van der Waals surface area contributed by atoms with E-state index in [2.05, 4.69) is 41.3 Å². The van der Waals surface area contributed by atoms with Gasteiger partial charge < -0.3 is 5.73 Å². The first-order valence-corrected chi connectivity index (χ1v) is 8.01. The zero-order valence-corrected chi connectivity index (χ0v) is 12.2. The van der Waals surface area contributed by atoms with Crippen LogP contribution in [0, 0.1) is 0 Å². The van der Waals surface area contributed by atoms with Crippen LogP contribution < -0.4 is 5.73 Å². The Hall–Kier alpha value is -1.45. The van der Waals surface area contributed by atoms with E-state index in [9.17, 15) is 0 Å². The molecule has 2 aromatic rings. The van der Waals surface area contributed by atoms with Gasteiger partial charge in [-0.1, -0.05) is 30.3 Å². The standard InChI is InChI=1S/C17H18N2S/c18-16-6-3-5-13-9-19(11-15(13)16)10-14-8-12-4-1-2-7-17(12)20-14/h1-7,14H,8-11,18H2. The predicted octanol–water partition coefficient (Wildman–Crippen LogP) is 3.30. The molecular formula is C17H18N2S. The minimum Gasteiger partial charge on any atom is -0.398 e. The molecule has 20 heavy (non-hydrogen) atoms. The molecule has 0 fully saturated rings. The van der Waals surface area contributed by atoms with Crippen LogP contribution in [0.4, 0.5) is 5.69 Å². The zero-order valence-electron chi connectivity index (χ0n) is 11.4. The van der Waals surface area contributed by atoms with Crippen LogP contribution in [-0.2, 0) is 19.5 Å². The molecule has 1 atom stereocenters. The molecule has 1 unspecified atom stereocenters. The SMILES string of the molecule is Nc1cccc2c1CN(CC1Cc3ccccc3S1)C2. The van der Waals surface area contributed by atoms with E-state index in [4.69, 9.17) is 5.73 Å². The summed E-state index contributed by atoms with van der Waals surface area (Å²) >= 11 is 2.03. The Bertz CT molecular complexity index is 628. The second-order valence-electron chi connectivity index (χ2n) is 5.71. The Kier molecular flexibility index (Phi) is 2.97. The van der Waals surface area contributed by atoms with Crippen LogP contribution in [0.1, 0.15) is 16.7 Å². The molecule has 0 bridgehead atoms. The van der Waals surface area contributed by atoms with Crippen LogP contribution in [0.15, 0.2) is 47.4 Å². The number of hydrogen-bond acceptors (Lipinski definition) is 3. The van der Waals surface area contributed by atoms with E-state index in [-0.39, 0.29) is 0 Å². The molecule has 2 nitrogen and oxygen atoms in total. The smallest absolute Gasteiger partial charge is 0.0363 e. The summed E-state index contributed by atoms with van der Waals surface area (Å²) in [5.74, 6) is 0. The maximum absolute atomic E-state index is 6.08. The Morgan fingerprint density at radius 2 is 1.90 bits per heavy atom. The summed E-state index contributed by atoms with van der Waals surface area (Å²) in [4.78, 5) is 4.00. The van der Waals surface area contributed by atoms with Gasteiger partial charge in [0.05, 0.1) is 0 Å². The molecule has 0 aromatic heterocycles. The van der Waals surface area contributed by atoms with E-state index in [1.54, 1.807) is 0 Å². The second-order valence-corrected chi connectivity index (χ2v) is 7.05. The number of fused-ring (bicyclic) bond motifs is 2. The Morgan fingerprint density at radius 1 is 1.05 bits per heavy atom. The summed E-state index contributed by atoms with van der Waals surface area (Å²) in [6.07, 6.45) is 1.20. The van der Waals surface area contributed by atoms with Gasteiger partial charge in [-0.05, 0) is 35.2 Å². The molecule has 0 aliphatic carbocycles. The van der Waals surface area contributed by atoms with E-state index in [0.29, 0.717) is 5.25 Å². The highest BCUT2D eigenvalue weighted by atomic mass is 32.2. The number of hydrogen-bond donors (Lipinski definition) is 1. The van der Waals surface area contributed by atoms with E-state index in [0.717, 1.165) is 25.3 Å². The van der Waals surface area contributed by atoms with Gasteiger partial charge in [-0.3, -0.25) is 4.90 Å². The van der Waals surface area contributed by atoms with Crippen molar-refractivity contribution in [3.63, 3.8) is 0 Å². The average Bonchev–Trinajstić information content (AvgIpc) is 3.02. The van der Waals surface area contributed by atoms with Gasteiger partial charge in [-0.15, -0.1) is 11.8 Å². The molecule has 0 radical (unpaired) electrons. The fraction of sp³-hybridized carbons (Fsp3) is 0.294. The maximum Gasteiger partial charge on any atom is 0.0363 e. The van der Waals surface area contributed by atoms with Crippen molar-refractivity contribution in [1.29, 1.82) is 0 Å². The molecule has 0 saturated heterocycles. The lowest BCUT2D eigenvalue weighted by atomic mass is 10.1. The van der Waals surface area contributed by atoms with Gasteiger partial charge in [0.2, 0.25) is 0 Å². The lowest BCUT2D eigenvalue weighted by molar-refractivity contribution is 0.285. The highest BCUT2D eigenvalue weighted by molar-refractivity contribution is 8.00. The number of nitrogens with zero attached hydrogens (tertiary/aromatic N) is 1. The summed E-state index contributed by atoms with van der Waals surface area (Å²) < 4.78 is 0. The third kappa shape index (κ3) is 2.11. The molecule has 2 aromatic carbocycles. The molecule has 2 N–H and O–H groups in total. The third-order valence-corrected chi connectivity index (χ3v) is 5.56. The van der Waals surface area contributed by atoms with Crippen LogP contribution >= 0.6 is 11.8 Å². The number of anilines is 1. The zero-order chi connectivity index (χ0) is 13.5. The van der Waals surface area contributed by atoms with Gasteiger partial charge >= 0.3 is 0 Å². The van der Waals surface area contributed by atoms with Gasteiger partial charge in [0.25, 0.3) is 0 Å². The summed E-state index contributed by atoms with van der Waals surface area (Å²) in [5.41, 5.74) is 11.3. The largest absolute Gasteiger partial charge is 0.398 e. The Morgan fingerprint density at radius 3 is 2.75 bits per heavy atom. The normalized spacial score (nSPS) is 20.9. The van der Waals surface area contributed by atoms with Crippen LogP contribution in [0.3, 0.4) is 0 Å². The monoisotopic (exact) mass is 282 g/mol. The number of rotatable bonds is 2. The van der Waals surface area contributed by atoms with Gasteiger partial charge in [0, 0.05) is 35.5 Å². The van der Waals surface area contributed by atoms with Crippen molar-refractivity contribution in [2.24, 2.45) is 0 Å². The fourth-order valence-electron chi connectivity index (χ4n) is 3.29. The van der Waals surface area contributed by atoms with Gasteiger partial charge in [0.15, 0.2) is 0 Å². The van der Waals surface area contributed by atoms with Gasteiger partial charge in [-0.2, -0.15) is 0 Å². The molecule has 2 heterocycles. The quantitative estimate of drug-likeness (QED) is 0.857. The molecule has 0 spiro atoms. The minimum absolute atomic E-state index is 0.683. The number of thioether (sulfide) groups is 1. The average molecular weight is 282 g/mol. The number of nitrogen functional groups attached to an aromatic ring is 1. The van der Waals surface area contributed by atoms with Crippen molar-refractivity contribution in [3.8, 4) is 0 Å². The van der Waals surface area contributed by atoms with Crippen molar-refractivity contribution in [2.75, 3.05) is 12.3 Å².